The fraction of sp³-hybridized carbons (Fsp3) is 0.714. The van der Waals surface area contributed by atoms with Gasteiger partial charge in [0.2, 0.25) is 11.8 Å². The summed E-state index contributed by atoms with van der Waals surface area (Å²) in [6, 6.07) is 4.12. The summed E-state index contributed by atoms with van der Waals surface area (Å²) in [6.07, 6.45) is 3.79. The van der Waals surface area contributed by atoms with Crippen molar-refractivity contribution < 1.29 is 14.3 Å². The van der Waals surface area contributed by atoms with Gasteiger partial charge in [0.25, 0.3) is 0 Å². The van der Waals surface area contributed by atoms with Crippen LogP contribution in [0.15, 0.2) is 17.5 Å². The normalized spacial score (nSPS) is 21.4. The Labute approximate surface area is 166 Å². The summed E-state index contributed by atoms with van der Waals surface area (Å²) in [5, 5.41) is 2.06. The molecule has 3 rings (SSSR count). The van der Waals surface area contributed by atoms with Crippen molar-refractivity contribution in [1.82, 2.24) is 9.80 Å². The molecule has 5 nitrogen and oxygen atoms in total. The van der Waals surface area contributed by atoms with E-state index in [1.807, 2.05) is 36.6 Å². The third-order valence-electron chi connectivity index (χ3n) is 5.46. The lowest BCUT2D eigenvalue weighted by molar-refractivity contribution is -0.145. The minimum Gasteiger partial charge on any atom is -0.376 e. The van der Waals surface area contributed by atoms with Crippen molar-refractivity contribution >= 4 is 23.2 Å². The lowest BCUT2D eigenvalue weighted by Gasteiger charge is -2.37. The highest BCUT2D eigenvalue weighted by atomic mass is 32.1. The molecule has 0 bridgehead atoms. The second-order valence-corrected chi connectivity index (χ2v) is 9.78. The van der Waals surface area contributed by atoms with E-state index in [-0.39, 0.29) is 29.3 Å². The summed E-state index contributed by atoms with van der Waals surface area (Å²) in [6.45, 7) is 9.37. The molecule has 1 atom stereocenters. The molecule has 2 aliphatic rings. The van der Waals surface area contributed by atoms with Crippen LogP contribution >= 0.6 is 11.3 Å². The predicted molar refractivity (Wildman–Crippen MR) is 107 cm³/mol. The number of carbonyl (C=O) groups excluding carboxylic acids is 2. The number of ether oxygens (including phenoxy) is 1. The lowest BCUT2D eigenvalue weighted by Crippen LogP contribution is -2.48. The monoisotopic (exact) mass is 392 g/mol. The third kappa shape index (κ3) is 5.32. The van der Waals surface area contributed by atoms with Gasteiger partial charge in [-0.1, -0.05) is 26.8 Å². The van der Waals surface area contributed by atoms with Crippen LogP contribution in [-0.4, -0.2) is 54.0 Å². The molecule has 6 heteroatoms. The maximum Gasteiger partial charge on any atom is 0.227 e. The molecule has 2 amide bonds. The van der Waals surface area contributed by atoms with Gasteiger partial charge in [0, 0.05) is 42.5 Å². The lowest BCUT2D eigenvalue weighted by atomic mass is 9.90. The van der Waals surface area contributed by atoms with Crippen molar-refractivity contribution in [2.45, 2.75) is 59.1 Å². The molecule has 0 spiro atoms. The van der Waals surface area contributed by atoms with Gasteiger partial charge in [-0.2, -0.15) is 0 Å². The number of likely N-dealkylation sites (tertiary alicyclic amines) is 1. The van der Waals surface area contributed by atoms with Crippen LogP contribution in [0.3, 0.4) is 0 Å². The average molecular weight is 393 g/mol. The van der Waals surface area contributed by atoms with E-state index >= 15 is 0 Å². The van der Waals surface area contributed by atoms with Crippen molar-refractivity contribution in [2.75, 3.05) is 26.2 Å². The highest BCUT2D eigenvalue weighted by Crippen LogP contribution is 2.26. The second-order valence-electron chi connectivity index (χ2n) is 8.75. The second kappa shape index (κ2) is 8.74. The van der Waals surface area contributed by atoms with E-state index in [4.69, 9.17) is 4.74 Å². The van der Waals surface area contributed by atoms with Crippen LogP contribution in [0.4, 0.5) is 0 Å². The van der Waals surface area contributed by atoms with Crippen LogP contribution in [-0.2, 0) is 20.9 Å². The number of piperidine rings is 1. The van der Waals surface area contributed by atoms with Crippen LogP contribution in [0.25, 0.3) is 0 Å². The maximum atomic E-state index is 13.3. The molecule has 3 heterocycles. The van der Waals surface area contributed by atoms with E-state index in [9.17, 15) is 9.59 Å². The Kier molecular flexibility index (Phi) is 6.58. The summed E-state index contributed by atoms with van der Waals surface area (Å²) in [4.78, 5) is 30.9. The first-order valence-electron chi connectivity index (χ1n) is 10.1. The number of amides is 2. The number of hydrogen-bond acceptors (Lipinski definition) is 4. The Morgan fingerprint density at radius 3 is 2.56 bits per heavy atom. The van der Waals surface area contributed by atoms with Gasteiger partial charge < -0.3 is 14.5 Å². The van der Waals surface area contributed by atoms with Gasteiger partial charge in [-0.15, -0.1) is 11.3 Å². The Morgan fingerprint density at radius 2 is 2.00 bits per heavy atom. The molecule has 0 N–H and O–H groups in total. The van der Waals surface area contributed by atoms with E-state index < -0.39 is 0 Å². The molecule has 2 saturated heterocycles. The fourth-order valence-corrected chi connectivity index (χ4v) is 4.64. The molecule has 27 heavy (non-hydrogen) atoms. The van der Waals surface area contributed by atoms with E-state index in [1.54, 1.807) is 11.3 Å². The number of carbonyl (C=O) groups is 2. The molecule has 0 saturated carbocycles. The van der Waals surface area contributed by atoms with E-state index in [0.29, 0.717) is 26.2 Å². The Balaban J connectivity index is 1.61. The smallest absolute Gasteiger partial charge is 0.227 e. The molecular weight excluding hydrogens is 360 g/mol. The molecule has 150 valence electrons. The zero-order valence-electron chi connectivity index (χ0n) is 16.8. The largest absolute Gasteiger partial charge is 0.376 e. The van der Waals surface area contributed by atoms with Crippen molar-refractivity contribution in [1.29, 1.82) is 0 Å². The van der Waals surface area contributed by atoms with Crippen LogP contribution in [0, 0.1) is 11.3 Å². The topological polar surface area (TPSA) is 49.9 Å². The Bertz CT molecular complexity index is 624. The average Bonchev–Trinajstić information content (AvgIpc) is 3.33. The molecular formula is C21H32N2O3S. The van der Waals surface area contributed by atoms with Gasteiger partial charge in [-0.05, 0) is 37.1 Å². The van der Waals surface area contributed by atoms with Crippen LogP contribution in [0.1, 0.15) is 51.3 Å². The number of rotatable bonds is 5. The predicted octanol–water partition coefficient (Wildman–Crippen LogP) is 3.54. The number of nitrogens with zero attached hydrogens (tertiary/aromatic N) is 2. The molecule has 0 radical (unpaired) electrons. The quantitative estimate of drug-likeness (QED) is 0.770. The van der Waals surface area contributed by atoms with Crippen LogP contribution in [0.2, 0.25) is 0 Å². The van der Waals surface area contributed by atoms with Gasteiger partial charge in [0.15, 0.2) is 0 Å². The van der Waals surface area contributed by atoms with Crippen molar-refractivity contribution in [3.8, 4) is 0 Å². The number of hydrogen-bond donors (Lipinski definition) is 0. The van der Waals surface area contributed by atoms with Crippen LogP contribution < -0.4 is 0 Å². The first-order valence-corrected chi connectivity index (χ1v) is 10.9. The molecule has 2 aliphatic heterocycles. The first-order chi connectivity index (χ1) is 12.8. The minimum absolute atomic E-state index is 0.00961. The highest BCUT2D eigenvalue weighted by molar-refractivity contribution is 7.09. The van der Waals surface area contributed by atoms with Gasteiger partial charge in [-0.25, -0.2) is 0 Å². The summed E-state index contributed by atoms with van der Waals surface area (Å²) in [7, 11) is 0. The summed E-state index contributed by atoms with van der Waals surface area (Å²) >= 11 is 1.69. The standard InChI is InChI=1S/C21H32N2O3S/c1-21(2,3)20(25)22-10-8-16(9-11-22)19(24)23(14-17-6-4-12-26-17)15-18-7-5-13-27-18/h5,7,13,16-17H,4,6,8-12,14-15H2,1-3H3. The minimum atomic E-state index is -0.359. The summed E-state index contributed by atoms with van der Waals surface area (Å²) in [5.74, 6) is 0.417. The van der Waals surface area contributed by atoms with E-state index in [2.05, 4.69) is 11.4 Å². The molecule has 1 aromatic heterocycles. The van der Waals surface area contributed by atoms with Crippen molar-refractivity contribution in [2.24, 2.45) is 11.3 Å². The Morgan fingerprint density at radius 1 is 1.26 bits per heavy atom. The van der Waals surface area contributed by atoms with Gasteiger partial charge in [0.1, 0.15) is 0 Å². The SMILES string of the molecule is CC(C)(C)C(=O)N1CCC(C(=O)N(Cc2cccs2)CC2CCCO2)CC1. The molecule has 0 aliphatic carbocycles. The first kappa shape index (κ1) is 20.3. The summed E-state index contributed by atoms with van der Waals surface area (Å²) in [5.41, 5.74) is -0.359. The third-order valence-corrected chi connectivity index (χ3v) is 6.32. The molecule has 2 fully saturated rings. The number of thiophene rings is 1. The van der Waals surface area contributed by atoms with Gasteiger partial charge in [-0.3, -0.25) is 9.59 Å². The van der Waals surface area contributed by atoms with Crippen molar-refractivity contribution in [3.05, 3.63) is 22.4 Å². The van der Waals surface area contributed by atoms with Crippen LogP contribution in [0.5, 0.6) is 0 Å². The molecule has 0 aromatic carbocycles. The maximum absolute atomic E-state index is 13.3. The van der Waals surface area contributed by atoms with Gasteiger partial charge in [0.05, 0.1) is 12.6 Å². The zero-order chi connectivity index (χ0) is 19.4. The zero-order valence-corrected chi connectivity index (χ0v) is 17.6. The van der Waals surface area contributed by atoms with E-state index in [1.165, 1.54) is 4.88 Å². The highest BCUT2D eigenvalue weighted by Gasteiger charge is 2.34. The molecule has 1 aromatic rings. The summed E-state index contributed by atoms with van der Waals surface area (Å²) < 4.78 is 5.78. The van der Waals surface area contributed by atoms with E-state index in [0.717, 1.165) is 32.3 Å². The van der Waals surface area contributed by atoms with Gasteiger partial charge >= 0.3 is 0 Å². The fourth-order valence-electron chi connectivity index (χ4n) is 3.92. The molecule has 1 unspecified atom stereocenters. The van der Waals surface area contributed by atoms with Crippen molar-refractivity contribution in [3.63, 3.8) is 0 Å². The Hall–Kier alpha value is -1.40.